The van der Waals surface area contributed by atoms with Gasteiger partial charge in [0.2, 0.25) is 0 Å². The van der Waals surface area contributed by atoms with Crippen molar-refractivity contribution < 1.29 is 4.74 Å². The molecule has 1 aliphatic rings. The van der Waals surface area contributed by atoms with Crippen LogP contribution in [0.25, 0.3) is 22.6 Å². The van der Waals surface area contributed by atoms with Gasteiger partial charge < -0.3 is 9.72 Å². The normalized spacial score (nSPS) is 17.3. The molecule has 0 amide bonds. The Hall–Kier alpha value is -2.83. The van der Waals surface area contributed by atoms with Crippen LogP contribution in [0.5, 0.6) is 0 Å². The Labute approximate surface area is 170 Å². The Balaban J connectivity index is 1.56. The number of H-pyrrole nitrogens is 1. The number of likely N-dealkylation sites (tertiary alicyclic amines) is 1. The Morgan fingerprint density at radius 2 is 2.10 bits per heavy atom. The van der Waals surface area contributed by atoms with E-state index in [0.29, 0.717) is 17.4 Å². The van der Waals surface area contributed by atoms with Crippen molar-refractivity contribution in [2.24, 2.45) is 5.92 Å². The van der Waals surface area contributed by atoms with Crippen LogP contribution in [0.15, 0.2) is 59.7 Å². The molecule has 0 radical (unpaired) electrons. The van der Waals surface area contributed by atoms with E-state index < -0.39 is 0 Å². The molecule has 6 nitrogen and oxygen atoms in total. The lowest BCUT2D eigenvalue weighted by atomic mass is 9.98. The maximum absolute atomic E-state index is 12.2. The Morgan fingerprint density at radius 1 is 1.21 bits per heavy atom. The summed E-state index contributed by atoms with van der Waals surface area (Å²) in [5, 5.41) is 0. The van der Waals surface area contributed by atoms with E-state index >= 15 is 0 Å². The summed E-state index contributed by atoms with van der Waals surface area (Å²) < 4.78 is 5.34. The molecular formula is C23H26N4O2. The molecule has 0 spiro atoms. The minimum absolute atomic E-state index is 0.169. The topological polar surface area (TPSA) is 71.1 Å². The van der Waals surface area contributed by atoms with E-state index in [1.165, 1.54) is 24.5 Å². The number of hydrogen-bond acceptors (Lipinski definition) is 5. The fourth-order valence-electron chi connectivity index (χ4n) is 4.00. The molecule has 4 rings (SSSR count). The predicted molar refractivity (Wildman–Crippen MR) is 113 cm³/mol. The van der Waals surface area contributed by atoms with Crippen LogP contribution in [0.2, 0.25) is 0 Å². The van der Waals surface area contributed by atoms with Crippen LogP contribution in [0.3, 0.4) is 0 Å². The number of rotatable bonds is 6. The fraction of sp³-hybridized carbons (Fsp3) is 0.348. The molecule has 1 atom stereocenters. The summed E-state index contributed by atoms with van der Waals surface area (Å²) in [7, 11) is 1.77. The number of nitrogens with one attached hydrogen (secondary N) is 1. The van der Waals surface area contributed by atoms with Gasteiger partial charge in [-0.3, -0.25) is 14.7 Å². The van der Waals surface area contributed by atoms with Gasteiger partial charge in [-0.1, -0.05) is 18.2 Å². The van der Waals surface area contributed by atoms with Gasteiger partial charge in [-0.05, 0) is 49.1 Å². The maximum Gasteiger partial charge on any atom is 0.251 e. The first-order chi connectivity index (χ1) is 14.2. The van der Waals surface area contributed by atoms with Crippen LogP contribution < -0.4 is 5.56 Å². The smallest absolute Gasteiger partial charge is 0.251 e. The van der Waals surface area contributed by atoms with Gasteiger partial charge in [0.05, 0.1) is 12.3 Å². The van der Waals surface area contributed by atoms with Crippen LogP contribution >= 0.6 is 0 Å². The molecule has 1 unspecified atom stereocenters. The third kappa shape index (κ3) is 4.96. The van der Waals surface area contributed by atoms with Crippen molar-refractivity contribution in [3.63, 3.8) is 0 Å². The lowest BCUT2D eigenvalue weighted by Crippen LogP contribution is -2.36. The zero-order valence-electron chi connectivity index (χ0n) is 16.7. The second-order valence-electron chi connectivity index (χ2n) is 7.62. The number of aromatic nitrogens is 3. The highest BCUT2D eigenvalue weighted by Crippen LogP contribution is 2.22. The van der Waals surface area contributed by atoms with Crippen LogP contribution in [-0.4, -0.2) is 46.7 Å². The minimum atomic E-state index is -0.169. The van der Waals surface area contributed by atoms with Gasteiger partial charge in [0.15, 0.2) is 0 Å². The summed E-state index contributed by atoms with van der Waals surface area (Å²) in [6.45, 7) is 3.88. The molecular weight excluding hydrogens is 364 g/mol. The fourth-order valence-corrected chi connectivity index (χ4v) is 4.00. The molecule has 29 heavy (non-hydrogen) atoms. The molecule has 1 aromatic carbocycles. The summed E-state index contributed by atoms with van der Waals surface area (Å²) in [6.07, 6.45) is 5.86. The number of methoxy groups -OCH3 is 1. The number of hydrogen-bond donors (Lipinski definition) is 1. The van der Waals surface area contributed by atoms with Crippen molar-refractivity contribution >= 4 is 0 Å². The average molecular weight is 390 g/mol. The molecule has 3 heterocycles. The van der Waals surface area contributed by atoms with E-state index in [1.807, 2.05) is 24.3 Å². The Morgan fingerprint density at radius 3 is 2.93 bits per heavy atom. The summed E-state index contributed by atoms with van der Waals surface area (Å²) in [4.78, 5) is 26.4. The van der Waals surface area contributed by atoms with Gasteiger partial charge in [-0.15, -0.1) is 0 Å². The number of pyridine rings is 1. The second-order valence-corrected chi connectivity index (χ2v) is 7.62. The van der Waals surface area contributed by atoms with E-state index in [-0.39, 0.29) is 5.56 Å². The summed E-state index contributed by atoms with van der Waals surface area (Å²) >= 11 is 0. The molecule has 6 heteroatoms. The van der Waals surface area contributed by atoms with Gasteiger partial charge in [-0.25, -0.2) is 4.98 Å². The number of nitrogens with zero attached hydrogens (tertiary/aromatic N) is 3. The van der Waals surface area contributed by atoms with Gasteiger partial charge >= 0.3 is 0 Å². The standard InChI is InChI=1S/C23H26N4O2/c1-29-16-18-6-4-10-27(15-18)14-17-5-2-7-19(11-17)23-25-21(12-22(28)26-23)20-8-3-9-24-13-20/h2-3,5,7-9,11-13,18H,4,6,10,14-16H2,1H3,(H,25,26,28). The third-order valence-corrected chi connectivity index (χ3v) is 5.31. The van der Waals surface area contributed by atoms with Crippen molar-refractivity contribution in [1.82, 2.24) is 19.9 Å². The van der Waals surface area contributed by atoms with Crippen LogP contribution in [0, 0.1) is 5.92 Å². The Bertz CT molecular complexity index is 1000. The lowest BCUT2D eigenvalue weighted by molar-refractivity contribution is 0.0874. The predicted octanol–water partition coefficient (Wildman–Crippen LogP) is 3.36. The van der Waals surface area contributed by atoms with E-state index in [9.17, 15) is 4.79 Å². The summed E-state index contributed by atoms with van der Waals surface area (Å²) in [5.74, 6) is 1.18. The van der Waals surface area contributed by atoms with E-state index in [4.69, 9.17) is 4.74 Å². The van der Waals surface area contributed by atoms with Crippen molar-refractivity contribution in [2.75, 3.05) is 26.8 Å². The van der Waals surface area contributed by atoms with E-state index in [0.717, 1.165) is 37.4 Å². The molecule has 2 aromatic heterocycles. The zero-order valence-corrected chi connectivity index (χ0v) is 16.7. The molecule has 0 saturated carbocycles. The van der Waals surface area contributed by atoms with Crippen LogP contribution in [0.1, 0.15) is 18.4 Å². The van der Waals surface area contributed by atoms with Gasteiger partial charge in [0, 0.05) is 49.8 Å². The van der Waals surface area contributed by atoms with Gasteiger partial charge in [-0.2, -0.15) is 0 Å². The van der Waals surface area contributed by atoms with Crippen molar-refractivity contribution in [3.05, 3.63) is 70.8 Å². The molecule has 150 valence electrons. The molecule has 1 aliphatic heterocycles. The lowest BCUT2D eigenvalue weighted by Gasteiger charge is -2.32. The highest BCUT2D eigenvalue weighted by Gasteiger charge is 2.20. The molecule has 0 aliphatic carbocycles. The first-order valence-corrected chi connectivity index (χ1v) is 10.0. The number of piperidine rings is 1. The van der Waals surface area contributed by atoms with E-state index in [1.54, 1.807) is 19.5 Å². The quantitative estimate of drug-likeness (QED) is 0.699. The Kier molecular flexibility index (Phi) is 6.12. The maximum atomic E-state index is 12.2. The first-order valence-electron chi connectivity index (χ1n) is 10.0. The molecule has 0 bridgehead atoms. The third-order valence-electron chi connectivity index (χ3n) is 5.31. The van der Waals surface area contributed by atoms with E-state index in [2.05, 4.69) is 32.0 Å². The SMILES string of the molecule is COCC1CCCN(Cc2cccc(-c3nc(-c4cccnc4)cc(=O)[nH]3)c2)C1. The number of ether oxygens (including phenoxy) is 1. The first kappa shape index (κ1) is 19.5. The molecule has 1 N–H and O–H groups in total. The van der Waals surface area contributed by atoms with Crippen LogP contribution in [-0.2, 0) is 11.3 Å². The monoisotopic (exact) mass is 390 g/mol. The van der Waals surface area contributed by atoms with Crippen molar-refractivity contribution in [3.8, 4) is 22.6 Å². The van der Waals surface area contributed by atoms with Gasteiger partial charge in [0.1, 0.15) is 5.82 Å². The molecule has 3 aromatic rings. The minimum Gasteiger partial charge on any atom is -0.384 e. The van der Waals surface area contributed by atoms with Crippen molar-refractivity contribution in [2.45, 2.75) is 19.4 Å². The number of benzene rings is 1. The zero-order chi connectivity index (χ0) is 20.1. The van der Waals surface area contributed by atoms with Gasteiger partial charge in [0.25, 0.3) is 5.56 Å². The summed E-state index contributed by atoms with van der Waals surface area (Å²) in [5.41, 5.74) is 3.41. The molecule has 1 fully saturated rings. The largest absolute Gasteiger partial charge is 0.384 e. The molecule has 1 saturated heterocycles. The average Bonchev–Trinajstić information content (AvgIpc) is 2.75. The van der Waals surface area contributed by atoms with Crippen molar-refractivity contribution in [1.29, 1.82) is 0 Å². The van der Waals surface area contributed by atoms with Crippen LogP contribution in [0.4, 0.5) is 0 Å². The highest BCUT2D eigenvalue weighted by molar-refractivity contribution is 5.63. The second kappa shape index (κ2) is 9.11. The summed E-state index contributed by atoms with van der Waals surface area (Å²) in [6, 6.07) is 13.5. The number of aromatic amines is 1. The highest BCUT2D eigenvalue weighted by atomic mass is 16.5.